The monoisotopic (exact) mass is 325 g/mol. The molecule has 0 amide bonds. The van der Waals surface area contributed by atoms with Gasteiger partial charge in [0.05, 0.1) is 4.92 Å². The maximum Gasteiger partial charge on any atom is 0.317 e. The molecular weight excluding hydrogens is 324 g/mol. The zero-order valence-corrected chi connectivity index (χ0v) is 11.1. The number of hydrogen-bond donors (Lipinski definition) is 0. The van der Waals surface area contributed by atoms with E-state index in [0.717, 1.165) is 0 Å². The molecular formula is C6H3Cl4NO4S. The lowest BCUT2D eigenvalue weighted by molar-refractivity contribution is -0.384. The minimum absolute atomic E-state index is 0.0579. The molecule has 16 heavy (non-hydrogen) atoms. The molecule has 0 bridgehead atoms. The second-order valence-electron chi connectivity index (χ2n) is 2.21. The van der Waals surface area contributed by atoms with Crippen LogP contribution in [-0.4, -0.2) is 13.3 Å². The van der Waals surface area contributed by atoms with Gasteiger partial charge in [-0.3, -0.25) is 10.1 Å². The number of rotatable bonds is 1. The van der Waals surface area contributed by atoms with E-state index < -0.39 is 13.2 Å². The van der Waals surface area contributed by atoms with Crippen molar-refractivity contribution in [3.63, 3.8) is 0 Å². The van der Waals surface area contributed by atoms with Gasteiger partial charge in [0.1, 0.15) is 10.0 Å². The highest BCUT2D eigenvalue weighted by atomic mass is 36.0. The van der Waals surface area contributed by atoms with Gasteiger partial charge < -0.3 is 0 Å². The van der Waals surface area contributed by atoms with E-state index in [-0.39, 0.29) is 15.7 Å². The summed E-state index contributed by atoms with van der Waals surface area (Å²) in [6.07, 6.45) is 0. The van der Waals surface area contributed by atoms with Crippen LogP contribution in [0.15, 0.2) is 18.2 Å². The van der Waals surface area contributed by atoms with Crippen LogP contribution in [0.4, 0.5) is 5.69 Å². The molecule has 0 saturated carbocycles. The van der Waals surface area contributed by atoms with E-state index in [4.69, 9.17) is 31.6 Å². The third kappa shape index (κ3) is 7.08. The van der Waals surface area contributed by atoms with E-state index >= 15 is 0 Å². The Kier molecular flexibility index (Phi) is 6.35. The van der Waals surface area contributed by atoms with Gasteiger partial charge in [-0.05, 0) is 12.1 Å². The molecule has 0 heterocycles. The smallest absolute Gasteiger partial charge is 0.258 e. The van der Waals surface area contributed by atoms with Crippen molar-refractivity contribution < 1.29 is 13.3 Å². The maximum absolute atomic E-state index is 10.3. The molecule has 10 heteroatoms. The highest BCUT2D eigenvalue weighted by Gasteiger charge is 2.15. The van der Waals surface area contributed by atoms with Crippen molar-refractivity contribution >= 4 is 58.5 Å². The first-order chi connectivity index (χ1) is 7.13. The number of nitrogens with zero attached hydrogens (tertiary/aromatic N) is 1. The Hall–Kier alpha value is -0.270. The number of para-hydroxylation sites is 1. The van der Waals surface area contributed by atoms with Crippen molar-refractivity contribution in [2.45, 2.75) is 0 Å². The van der Waals surface area contributed by atoms with E-state index in [1.165, 1.54) is 12.1 Å². The zero-order chi connectivity index (χ0) is 12.9. The second kappa shape index (κ2) is 6.46. The van der Waals surface area contributed by atoms with Gasteiger partial charge in [-0.15, -0.1) is 0 Å². The molecule has 0 aromatic heterocycles. The number of nitro benzene ring substituents is 1. The summed E-state index contributed by atoms with van der Waals surface area (Å²) in [7, 11) is 4.81. The van der Waals surface area contributed by atoms with E-state index in [0.29, 0.717) is 0 Å². The molecule has 0 N–H and O–H groups in total. The number of benzene rings is 1. The number of nitro groups is 1. The summed E-state index contributed by atoms with van der Waals surface area (Å²) in [5, 5.41) is 10.4. The van der Waals surface area contributed by atoms with Gasteiger partial charge in [0, 0.05) is 21.4 Å². The van der Waals surface area contributed by atoms with Gasteiger partial charge in [-0.25, -0.2) is 0 Å². The summed E-state index contributed by atoms with van der Waals surface area (Å²) in [6, 6.07) is 4.40. The van der Waals surface area contributed by atoms with E-state index in [1.807, 2.05) is 0 Å². The van der Waals surface area contributed by atoms with Crippen LogP contribution >= 0.6 is 44.6 Å². The maximum atomic E-state index is 10.3. The SMILES string of the molecule is O=S(=O)(Cl)Cl.O=[N+]([O-])c1c(Cl)cccc1Cl. The van der Waals surface area contributed by atoms with Crippen LogP contribution in [0.25, 0.3) is 0 Å². The van der Waals surface area contributed by atoms with Gasteiger partial charge in [-0.2, -0.15) is 8.42 Å². The predicted molar refractivity (Wildman–Crippen MR) is 63.7 cm³/mol. The lowest BCUT2D eigenvalue weighted by Gasteiger charge is -1.95. The Morgan fingerprint density at radius 1 is 1.12 bits per heavy atom. The van der Waals surface area contributed by atoms with Crippen molar-refractivity contribution in [1.29, 1.82) is 0 Å². The first-order valence-electron chi connectivity index (χ1n) is 3.35. The van der Waals surface area contributed by atoms with Crippen molar-refractivity contribution in [1.82, 2.24) is 0 Å². The molecule has 0 saturated heterocycles. The van der Waals surface area contributed by atoms with Gasteiger partial charge in [0.25, 0.3) is 0 Å². The molecule has 0 aliphatic rings. The molecule has 0 aliphatic heterocycles. The Balaban J connectivity index is 0.000000385. The fourth-order valence-corrected chi connectivity index (χ4v) is 1.20. The summed E-state index contributed by atoms with van der Waals surface area (Å²) in [5.41, 5.74) is -0.240. The zero-order valence-electron chi connectivity index (χ0n) is 7.23. The lowest BCUT2D eigenvalue weighted by atomic mass is 10.3. The number of hydrogen-bond acceptors (Lipinski definition) is 4. The van der Waals surface area contributed by atoms with Crippen LogP contribution in [0.1, 0.15) is 0 Å². The van der Waals surface area contributed by atoms with Crippen molar-refractivity contribution in [2.24, 2.45) is 0 Å². The Bertz CT molecular complexity index is 461. The molecule has 1 rings (SSSR count). The fraction of sp³-hybridized carbons (Fsp3) is 0. The second-order valence-corrected chi connectivity index (χ2v) is 6.69. The van der Waals surface area contributed by atoms with E-state index in [1.54, 1.807) is 6.07 Å². The van der Waals surface area contributed by atoms with Gasteiger partial charge in [0.15, 0.2) is 0 Å². The fourth-order valence-electron chi connectivity index (χ4n) is 0.663. The highest BCUT2D eigenvalue weighted by molar-refractivity contribution is 8.31. The third-order valence-electron chi connectivity index (χ3n) is 1.12. The molecule has 0 spiro atoms. The van der Waals surface area contributed by atoms with Crippen molar-refractivity contribution in [2.75, 3.05) is 0 Å². The average molecular weight is 327 g/mol. The van der Waals surface area contributed by atoms with Gasteiger partial charge in [0.2, 0.25) is 0 Å². The van der Waals surface area contributed by atoms with Crippen LogP contribution in [-0.2, 0) is 8.26 Å². The topological polar surface area (TPSA) is 77.3 Å². The van der Waals surface area contributed by atoms with Crippen LogP contribution in [0.2, 0.25) is 10.0 Å². The van der Waals surface area contributed by atoms with Gasteiger partial charge >= 0.3 is 14.0 Å². The van der Waals surface area contributed by atoms with E-state index in [2.05, 4.69) is 21.4 Å². The number of halogens is 4. The normalized spacial score (nSPS) is 10.2. The predicted octanol–water partition coefficient (Wildman–Crippen LogP) is 3.61. The van der Waals surface area contributed by atoms with Crippen molar-refractivity contribution in [3.05, 3.63) is 38.4 Å². The van der Waals surface area contributed by atoms with E-state index in [9.17, 15) is 10.1 Å². The van der Waals surface area contributed by atoms with Crippen LogP contribution in [0.5, 0.6) is 0 Å². The third-order valence-corrected chi connectivity index (χ3v) is 1.73. The minimum atomic E-state index is -3.72. The summed E-state index contributed by atoms with van der Waals surface area (Å²) in [5.74, 6) is 0. The Morgan fingerprint density at radius 3 is 1.62 bits per heavy atom. The molecule has 5 nitrogen and oxygen atoms in total. The summed E-state index contributed by atoms with van der Waals surface area (Å²) < 4.78 is 18.3. The molecule has 0 unspecified atom stereocenters. The van der Waals surface area contributed by atoms with Gasteiger partial charge in [-0.1, -0.05) is 29.3 Å². The molecule has 0 aliphatic carbocycles. The van der Waals surface area contributed by atoms with Crippen LogP contribution in [0, 0.1) is 10.1 Å². The quantitative estimate of drug-likeness (QED) is 0.448. The molecule has 0 radical (unpaired) electrons. The molecule has 0 fully saturated rings. The average Bonchev–Trinajstić information content (AvgIpc) is 1.99. The van der Waals surface area contributed by atoms with Crippen LogP contribution < -0.4 is 0 Å². The first kappa shape index (κ1) is 15.7. The minimum Gasteiger partial charge on any atom is -0.258 e. The molecule has 1 aromatic rings. The standard InChI is InChI=1S/C6H3Cl2NO2.Cl2O2S/c7-4-2-1-3-5(8)6(4)9(10)11;1-5(2,3)4/h1-3H;. The summed E-state index contributed by atoms with van der Waals surface area (Å²) in [4.78, 5) is 9.67. The highest BCUT2D eigenvalue weighted by Crippen LogP contribution is 2.31. The van der Waals surface area contributed by atoms with Crippen LogP contribution in [0.3, 0.4) is 0 Å². The Labute approximate surface area is 110 Å². The first-order valence-corrected chi connectivity index (χ1v) is 7.24. The molecule has 0 atom stereocenters. The van der Waals surface area contributed by atoms with Crippen molar-refractivity contribution in [3.8, 4) is 0 Å². The lowest BCUT2D eigenvalue weighted by Crippen LogP contribution is -1.89. The molecule has 1 aromatic carbocycles. The Morgan fingerprint density at radius 2 is 1.44 bits per heavy atom. The summed E-state index contributed by atoms with van der Waals surface area (Å²) in [6.45, 7) is 0. The summed E-state index contributed by atoms with van der Waals surface area (Å²) >= 11 is 11.0. The molecule has 90 valence electrons. The largest absolute Gasteiger partial charge is 0.317 e.